The summed E-state index contributed by atoms with van der Waals surface area (Å²) in [5.74, 6) is -0.618. The summed E-state index contributed by atoms with van der Waals surface area (Å²) in [5, 5.41) is 9.50. The van der Waals surface area contributed by atoms with Gasteiger partial charge in [-0.1, -0.05) is 19.1 Å². The number of hydrogen-bond acceptors (Lipinski definition) is 1. The number of aliphatic carboxylic acids is 1. The third-order valence-corrected chi connectivity index (χ3v) is 3.91. The van der Waals surface area contributed by atoms with Gasteiger partial charge in [0.25, 0.3) is 0 Å². The minimum atomic E-state index is -0.880. The van der Waals surface area contributed by atoms with E-state index in [0.717, 1.165) is 12.8 Å². The Kier molecular flexibility index (Phi) is 3.18. The number of carboxylic acid groups (broad SMARTS) is 1. The van der Waals surface area contributed by atoms with E-state index in [2.05, 4.69) is 6.92 Å². The number of rotatable bonds is 2. The Labute approximate surface area is 100 Å². The summed E-state index contributed by atoms with van der Waals surface area (Å²) in [6.45, 7) is 2.14. The minimum absolute atomic E-state index is 0.359. The molecule has 1 aromatic carbocycles. The maximum absolute atomic E-state index is 13.2. The van der Waals surface area contributed by atoms with Crippen molar-refractivity contribution in [2.75, 3.05) is 0 Å². The fourth-order valence-electron chi connectivity index (χ4n) is 2.67. The van der Waals surface area contributed by atoms with Gasteiger partial charge in [0.2, 0.25) is 0 Å². The molecule has 1 aliphatic carbocycles. The number of halogens is 1. The summed E-state index contributed by atoms with van der Waals surface area (Å²) in [5.41, 5.74) is -0.272. The van der Waals surface area contributed by atoms with Gasteiger partial charge in [-0.15, -0.1) is 0 Å². The molecule has 1 fully saturated rings. The molecule has 92 valence electrons. The molecule has 0 aromatic heterocycles. The normalized spacial score (nSPS) is 28.9. The number of hydrogen-bond donors (Lipinski definition) is 1. The van der Waals surface area contributed by atoms with Crippen molar-refractivity contribution in [2.45, 2.75) is 38.0 Å². The van der Waals surface area contributed by atoms with Crippen LogP contribution < -0.4 is 0 Å². The second-order valence-electron chi connectivity index (χ2n) is 5.08. The summed E-state index contributed by atoms with van der Waals surface area (Å²) in [6, 6.07) is 6.04. The molecular weight excluding hydrogens is 219 g/mol. The Morgan fingerprint density at radius 2 is 2.06 bits per heavy atom. The smallest absolute Gasteiger partial charge is 0.314 e. The van der Waals surface area contributed by atoms with Crippen LogP contribution in [0.15, 0.2) is 24.3 Å². The van der Waals surface area contributed by atoms with Gasteiger partial charge in [0.15, 0.2) is 0 Å². The molecule has 0 heterocycles. The van der Waals surface area contributed by atoms with Crippen LogP contribution in [0.4, 0.5) is 4.39 Å². The fourth-order valence-corrected chi connectivity index (χ4v) is 2.67. The second kappa shape index (κ2) is 4.47. The summed E-state index contributed by atoms with van der Waals surface area (Å²) in [4.78, 5) is 11.6. The van der Waals surface area contributed by atoms with Gasteiger partial charge in [-0.05, 0) is 49.3 Å². The standard InChI is InChI=1S/C14H17FO2/c1-10-5-7-14(8-6-10,13(16)17)11-3-2-4-12(15)9-11/h2-4,9-10H,5-8H2,1H3,(H,16,17). The van der Waals surface area contributed by atoms with Crippen LogP contribution >= 0.6 is 0 Å². The van der Waals surface area contributed by atoms with E-state index in [1.54, 1.807) is 12.1 Å². The van der Waals surface area contributed by atoms with Crippen molar-refractivity contribution in [1.82, 2.24) is 0 Å². The van der Waals surface area contributed by atoms with Crippen LogP contribution in [0.5, 0.6) is 0 Å². The topological polar surface area (TPSA) is 37.3 Å². The molecule has 0 atom stereocenters. The van der Waals surface area contributed by atoms with Gasteiger partial charge < -0.3 is 5.11 Å². The molecule has 2 nitrogen and oxygen atoms in total. The quantitative estimate of drug-likeness (QED) is 0.854. The second-order valence-corrected chi connectivity index (χ2v) is 5.08. The van der Waals surface area contributed by atoms with Crippen molar-refractivity contribution in [3.05, 3.63) is 35.6 Å². The fraction of sp³-hybridized carbons (Fsp3) is 0.500. The summed E-state index contributed by atoms with van der Waals surface area (Å²) >= 11 is 0. The van der Waals surface area contributed by atoms with Crippen molar-refractivity contribution in [1.29, 1.82) is 0 Å². The van der Waals surface area contributed by atoms with Crippen molar-refractivity contribution in [2.24, 2.45) is 5.92 Å². The highest BCUT2D eigenvalue weighted by Gasteiger charge is 2.42. The van der Waals surface area contributed by atoms with Gasteiger partial charge in [-0.2, -0.15) is 0 Å². The van der Waals surface area contributed by atoms with E-state index in [1.165, 1.54) is 12.1 Å². The average Bonchev–Trinajstić information content (AvgIpc) is 2.30. The van der Waals surface area contributed by atoms with Crippen LogP contribution in [0.25, 0.3) is 0 Å². The van der Waals surface area contributed by atoms with Crippen molar-refractivity contribution < 1.29 is 14.3 Å². The van der Waals surface area contributed by atoms with E-state index < -0.39 is 11.4 Å². The molecule has 1 aliphatic rings. The molecule has 1 aromatic rings. The largest absolute Gasteiger partial charge is 0.481 e. The lowest BCUT2D eigenvalue weighted by Crippen LogP contribution is -2.39. The highest BCUT2D eigenvalue weighted by molar-refractivity contribution is 5.81. The zero-order chi connectivity index (χ0) is 12.5. The van der Waals surface area contributed by atoms with E-state index in [4.69, 9.17) is 0 Å². The maximum atomic E-state index is 13.2. The molecule has 0 aliphatic heterocycles. The lowest BCUT2D eigenvalue weighted by atomic mass is 9.67. The zero-order valence-corrected chi connectivity index (χ0v) is 9.95. The van der Waals surface area contributed by atoms with Crippen LogP contribution in [0.2, 0.25) is 0 Å². The third-order valence-electron chi connectivity index (χ3n) is 3.91. The van der Waals surface area contributed by atoms with Crippen LogP contribution in [0, 0.1) is 11.7 Å². The van der Waals surface area contributed by atoms with Gasteiger partial charge in [0.1, 0.15) is 5.82 Å². The highest BCUT2D eigenvalue weighted by Crippen LogP contribution is 2.41. The summed E-state index contributed by atoms with van der Waals surface area (Å²) < 4.78 is 13.2. The molecule has 1 saturated carbocycles. The Morgan fingerprint density at radius 3 is 2.59 bits per heavy atom. The number of benzene rings is 1. The predicted molar refractivity (Wildman–Crippen MR) is 63.3 cm³/mol. The molecule has 0 spiro atoms. The Bertz CT molecular complexity index is 420. The van der Waals surface area contributed by atoms with Crippen molar-refractivity contribution in [3.63, 3.8) is 0 Å². The van der Waals surface area contributed by atoms with Gasteiger partial charge in [-0.25, -0.2) is 4.39 Å². The van der Waals surface area contributed by atoms with E-state index in [9.17, 15) is 14.3 Å². The van der Waals surface area contributed by atoms with E-state index in [-0.39, 0.29) is 5.82 Å². The average molecular weight is 236 g/mol. The molecule has 17 heavy (non-hydrogen) atoms. The Morgan fingerprint density at radius 1 is 1.41 bits per heavy atom. The van der Waals surface area contributed by atoms with Crippen molar-refractivity contribution in [3.8, 4) is 0 Å². The molecule has 2 rings (SSSR count). The molecule has 0 saturated heterocycles. The lowest BCUT2D eigenvalue weighted by molar-refractivity contribution is -0.145. The van der Waals surface area contributed by atoms with Gasteiger partial charge in [-0.3, -0.25) is 4.79 Å². The van der Waals surface area contributed by atoms with Crippen LogP contribution in [-0.4, -0.2) is 11.1 Å². The first-order valence-electron chi connectivity index (χ1n) is 6.04. The lowest BCUT2D eigenvalue weighted by Gasteiger charge is -2.36. The van der Waals surface area contributed by atoms with E-state index in [1.807, 2.05) is 0 Å². The molecule has 3 heteroatoms. The zero-order valence-electron chi connectivity index (χ0n) is 9.95. The monoisotopic (exact) mass is 236 g/mol. The Balaban J connectivity index is 2.38. The summed E-state index contributed by atoms with van der Waals surface area (Å²) in [7, 11) is 0. The summed E-state index contributed by atoms with van der Waals surface area (Å²) in [6.07, 6.45) is 2.99. The predicted octanol–water partition coefficient (Wildman–Crippen LogP) is 3.36. The first kappa shape index (κ1) is 12.1. The molecular formula is C14H17FO2. The highest BCUT2D eigenvalue weighted by atomic mass is 19.1. The SMILES string of the molecule is CC1CCC(C(=O)O)(c2cccc(F)c2)CC1. The van der Waals surface area contributed by atoms with Crippen LogP contribution in [0.1, 0.15) is 38.2 Å². The van der Waals surface area contributed by atoms with Gasteiger partial charge in [0.05, 0.1) is 5.41 Å². The first-order valence-corrected chi connectivity index (χ1v) is 6.04. The molecule has 0 amide bonds. The van der Waals surface area contributed by atoms with E-state index >= 15 is 0 Å². The first-order chi connectivity index (χ1) is 8.04. The Hall–Kier alpha value is -1.38. The van der Waals surface area contributed by atoms with E-state index in [0.29, 0.717) is 24.3 Å². The van der Waals surface area contributed by atoms with Gasteiger partial charge in [0, 0.05) is 0 Å². The van der Waals surface area contributed by atoms with Crippen molar-refractivity contribution >= 4 is 5.97 Å². The maximum Gasteiger partial charge on any atom is 0.314 e. The molecule has 1 N–H and O–H groups in total. The van der Waals surface area contributed by atoms with Gasteiger partial charge >= 0.3 is 5.97 Å². The van der Waals surface area contributed by atoms with Crippen LogP contribution in [0.3, 0.4) is 0 Å². The number of carboxylic acids is 1. The minimum Gasteiger partial charge on any atom is -0.481 e. The third kappa shape index (κ3) is 2.19. The molecule has 0 radical (unpaired) electrons. The van der Waals surface area contributed by atoms with Crippen LogP contribution in [-0.2, 0) is 10.2 Å². The number of carbonyl (C=O) groups is 1. The molecule has 0 bridgehead atoms. The molecule has 0 unspecified atom stereocenters.